The molecule has 0 amide bonds. The lowest BCUT2D eigenvalue weighted by molar-refractivity contribution is 0.414. The van der Waals surface area contributed by atoms with Crippen molar-refractivity contribution >= 4 is 11.6 Å². The van der Waals surface area contributed by atoms with Crippen molar-refractivity contribution in [3.63, 3.8) is 0 Å². The van der Waals surface area contributed by atoms with Crippen molar-refractivity contribution in [2.24, 2.45) is 0 Å². The molecule has 2 N–H and O–H groups in total. The third-order valence-corrected chi connectivity index (χ3v) is 3.76. The fourth-order valence-electron chi connectivity index (χ4n) is 2.30. The van der Waals surface area contributed by atoms with Crippen LogP contribution >= 0.6 is 11.6 Å². The molecule has 100 valence electrons. The highest BCUT2D eigenvalue weighted by Gasteiger charge is 2.12. The lowest BCUT2D eigenvalue weighted by Crippen LogP contribution is -2.26. The first kappa shape index (κ1) is 13.7. The maximum Gasteiger partial charge on any atom is 0.120 e. The van der Waals surface area contributed by atoms with Crippen LogP contribution in [0.3, 0.4) is 0 Å². The van der Waals surface area contributed by atoms with Crippen LogP contribution in [0.5, 0.6) is 5.75 Å². The molecule has 2 rings (SSSR count). The smallest absolute Gasteiger partial charge is 0.120 e. The van der Waals surface area contributed by atoms with Crippen LogP contribution in [-0.4, -0.2) is 26.2 Å². The van der Waals surface area contributed by atoms with E-state index >= 15 is 0 Å². The molecule has 0 aromatic heterocycles. The number of ether oxygens (including phenoxy) is 1. The summed E-state index contributed by atoms with van der Waals surface area (Å²) in [7, 11) is 1.65. The number of methoxy groups -OCH3 is 1. The van der Waals surface area contributed by atoms with E-state index in [0.29, 0.717) is 6.04 Å². The third-order valence-electron chi connectivity index (χ3n) is 3.41. The van der Waals surface area contributed by atoms with Crippen molar-refractivity contribution in [1.29, 1.82) is 0 Å². The quantitative estimate of drug-likeness (QED) is 0.778. The molecular weight excluding hydrogens is 248 g/mol. The van der Waals surface area contributed by atoms with Crippen LogP contribution in [0.4, 0.5) is 0 Å². The van der Waals surface area contributed by atoms with Gasteiger partial charge in [0.2, 0.25) is 0 Å². The van der Waals surface area contributed by atoms with Crippen molar-refractivity contribution in [2.75, 3.05) is 20.2 Å². The second-order valence-corrected chi connectivity index (χ2v) is 5.12. The molecule has 1 unspecified atom stereocenters. The van der Waals surface area contributed by atoms with Crippen LogP contribution in [0.25, 0.3) is 0 Å². The van der Waals surface area contributed by atoms with Gasteiger partial charge in [0.15, 0.2) is 0 Å². The van der Waals surface area contributed by atoms with Gasteiger partial charge in [0.25, 0.3) is 0 Å². The summed E-state index contributed by atoms with van der Waals surface area (Å²) >= 11 is 6.18. The summed E-state index contributed by atoms with van der Waals surface area (Å²) in [5, 5.41) is 7.71. The topological polar surface area (TPSA) is 33.3 Å². The Kier molecular flexibility index (Phi) is 5.29. The van der Waals surface area contributed by atoms with Crippen molar-refractivity contribution in [3.8, 4) is 5.75 Å². The Morgan fingerprint density at radius 3 is 3.06 bits per heavy atom. The van der Waals surface area contributed by atoms with Crippen LogP contribution in [0.1, 0.15) is 24.8 Å². The van der Waals surface area contributed by atoms with Crippen molar-refractivity contribution in [2.45, 2.75) is 31.8 Å². The molecule has 0 bridgehead atoms. The molecule has 1 saturated heterocycles. The monoisotopic (exact) mass is 268 g/mol. The molecule has 1 aliphatic rings. The van der Waals surface area contributed by atoms with E-state index in [4.69, 9.17) is 16.3 Å². The molecule has 18 heavy (non-hydrogen) atoms. The fraction of sp³-hybridized carbons (Fsp3) is 0.571. The standard InChI is InChI=1S/C14H21ClN2O/c1-18-13-5-4-11(14(15)9-13)10-16-8-6-12-3-2-7-17-12/h4-5,9,12,16-17H,2-3,6-8,10H2,1H3. The molecule has 0 aliphatic carbocycles. The van der Waals surface area contributed by atoms with E-state index < -0.39 is 0 Å². The number of hydrogen-bond acceptors (Lipinski definition) is 3. The van der Waals surface area contributed by atoms with Crippen LogP contribution in [-0.2, 0) is 6.54 Å². The highest BCUT2D eigenvalue weighted by Crippen LogP contribution is 2.22. The van der Waals surface area contributed by atoms with Gasteiger partial charge in [-0.2, -0.15) is 0 Å². The number of nitrogens with one attached hydrogen (secondary N) is 2. The summed E-state index contributed by atoms with van der Waals surface area (Å²) in [6.45, 7) is 3.02. The molecule has 1 aromatic carbocycles. The van der Waals surface area contributed by atoms with Crippen LogP contribution in [0.2, 0.25) is 5.02 Å². The van der Waals surface area contributed by atoms with Gasteiger partial charge in [0.05, 0.1) is 7.11 Å². The Hall–Kier alpha value is -0.770. The van der Waals surface area contributed by atoms with E-state index in [0.717, 1.165) is 29.4 Å². The lowest BCUT2D eigenvalue weighted by atomic mass is 10.1. The first-order chi connectivity index (χ1) is 8.79. The maximum absolute atomic E-state index is 6.18. The normalized spacial score (nSPS) is 19.1. The second-order valence-electron chi connectivity index (χ2n) is 4.72. The first-order valence-electron chi connectivity index (χ1n) is 6.56. The Morgan fingerprint density at radius 1 is 1.50 bits per heavy atom. The molecule has 1 heterocycles. The van der Waals surface area contributed by atoms with Gasteiger partial charge >= 0.3 is 0 Å². The van der Waals surface area contributed by atoms with E-state index in [2.05, 4.69) is 10.6 Å². The number of hydrogen-bond donors (Lipinski definition) is 2. The van der Waals surface area contributed by atoms with Gasteiger partial charge in [-0.15, -0.1) is 0 Å². The van der Waals surface area contributed by atoms with E-state index in [-0.39, 0.29) is 0 Å². The molecule has 1 fully saturated rings. The summed E-state index contributed by atoms with van der Waals surface area (Å²) in [5.74, 6) is 0.805. The average molecular weight is 269 g/mol. The van der Waals surface area contributed by atoms with E-state index in [1.165, 1.54) is 25.8 Å². The summed E-state index contributed by atoms with van der Waals surface area (Å²) in [5.41, 5.74) is 1.12. The molecule has 4 heteroatoms. The largest absolute Gasteiger partial charge is 0.497 e. The predicted octanol–water partition coefficient (Wildman–Crippen LogP) is 2.58. The predicted molar refractivity (Wildman–Crippen MR) is 75.4 cm³/mol. The zero-order chi connectivity index (χ0) is 12.8. The molecule has 1 aromatic rings. The third kappa shape index (κ3) is 3.87. The van der Waals surface area contributed by atoms with Gasteiger partial charge < -0.3 is 15.4 Å². The molecular formula is C14H21ClN2O. The van der Waals surface area contributed by atoms with Crippen LogP contribution in [0.15, 0.2) is 18.2 Å². The molecule has 0 radical (unpaired) electrons. The van der Waals surface area contributed by atoms with E-state index in [1.54, 1.807) is 7.11 Å². The van der Waals surface area contributed by atoms with Crippen molar-refractivity contribution in [1.82, 2.24) is 10.6 Å². The van der Waals surface area contributed by atoms with Gasteiger partial charge in [0, 0.05) is 17.6 Å². The van der Waals surface area contributed by atoms with Gasteiger partial charge in [-0.05, 0) is 50.0 Å². The zero-order valence-corrected chi connectivity index (χ0v) is 11.6. The lowest BCUT2D eigenvalue weighted by Gasteiger charge is -2.11. The van der Waals surface area contributed by atoms with E-state index in [1.807, 2.05) is 18.2 Å². The number of halogens is 1. The van der Waals surface area contributed by atoms with Gasteiger partial charge in [-0.3, -0.25) is 0 Å². The Morgan fingerprint density at radius 2 is 2.39 bits per heavy atom. The van der Waals surface area contributed by atoms with Crippen molar-refractivity contribution < 1.29 is 4.74 Å². The highest BCUT2D eigenvalue weighted by atomic mass is 35.5. The molecule has 0 spiro atoms. The first-order valence-corrected chi connectivity index (χ1v) is 6.94. The Balaban J connectivity index is 1.72. The second kappa shape index (κ2) is 6.98. The zero-order valence-electron chi connectivity index (χ0n) is 10.8. The maximum atomic E-state index is 6.18. The molecule has 0 saturated carbocycles. The summed E-state index contributed by atoms with van der Waals surface area (Å²) < 4.78 is 5.13. The SMILES string of the molecule is COc1ccc(CNCCC2CCCN2)c(Cl)c1. The Bertz CT molecular complexity index is 378. The Labute approximate surface area is 114 Å². The molecule has 3 nitrogen and oxygen atoms in total. The summed E-state index contributed by atoms with van der Waals surface area (Å²) in [6.07, 6.45) is 3.81. The minimum Gasteiger partial charge on any atom is -0.497 e. The summed E-state index contributed by atoms with van der Waals surface area (Å²) in [6, 6.07) is 6.52. The highest BCUT2D eigenvalue weighted by molar-refractivity contribution is 6.31. The minimum absolute atomic E-state index is 0.698. The van der Waals surface area contributed by atoms with Crippen molar-refractivity contribution in [3.05, 3.63) is 28.8 Å². The summed E-state index contributed by atoms with van der Waals surface area (Å²) in [4.78, 5) is 0. The van der Waals surface area contributed by atoms with Gasteiger partial charge in [-0.25, -0.2) is 0 Å². The fourth-order valence-corrected chi connectivity index (χ4v) is 2.54. The number of rotatable bonds is 6. The van der Waals surface area contributed by atoms with Gasteiger partial charge in [-0.1, -0.05) is 17.7 Å². The molecule has 1 aliphatic heterocycles. The van der Waals surface area contributed by atoms with Crippen LogP contribution < -0.4 is 15.4 Å². The van der Waals surface area contributed by atoms with Gasteiger partial charge in [0.1, 0.15) is 5.75 Å². The number of benzene rings is 1. The van der Waals surface area contributed by atoms with Crippen LogP contribution in [0, 0.1) is 0 Å². The molecule has 1 atom stereocenters. The average Bonchev–Trinajstić information content (AvgIpc) is 2.89. The van der Waals surface area contributed by atoms with E-state index in [9.17, 15) is 0 Å². The minimum atomic E-state index is 0.698.